The van der Waals surface area contributed by atoms with Crippen LogP contribution >= 0.6 is 0 Å². The standard InChI is InChI=1S/C13H16N4O3/c14-9-3-1-2-8-6-10(17-12(8)9)13(19)16-4-5-20-7-11(15)18/h1-3,6,17H,4-5,7,14H2,(H2,15,18)(H,16,19). The third-order valence-electron chi connectivity index (χ3n) is 2.71. The second kappa shape index (κ2) is 6.07. The molecule has 106 valence electrons. The molecule has 0 atom stereocenters. The van der Waals surface area contributed by atoms with Crippen LogP contribution in [0.1, 0.15) is 10.5 Å². The molecule has 1 heterocycles. The number of nitrogen functional groups attached to an aromatic ring is 1. The lowest BCUT2D eigenvalue weighted by atomic mass is 10.2. The van der Waals surface area contributed by atoms with Crippen molar-refractivity contribution in [3.63, 3.8) is 0 Å². The first-order valence-corrected chi connectivity index (χ1v) is 6.09. The van der Waals surface area contributed by atoms with Crippen LogP contribution in [0.15, 0.2) is 24.3 Å². The first-order valence-electron chi connectivity index (χ1n) is 6.09. The topological polar surface area (TPSA) is 123 Å². The molecule has 7 heteroatoms. The van der Waals surface area contributed by atoms with Crippen molar-refractivity contribution in [2.75, 3.05) is 25.5 Å². The third-order valence-corrected chi connectivity index (χ3v) is 2.71. The Balaban J connectivity index is 1.91. The number of aromatic amines is 1. The van der Waals surface area contributed by atoms with Gasteiger partial charge in [-0.3, -0.25) is 9.59 Å². The van der Waals surface area contributed by atoms with E-state index < -0.39 is 5.91 Å². The lowest BCUT2D eigenvalue weighted by molar-refractivity contribution is -0.122. The fourth-order valence-electron chi connectivity index (χ4n) is 1.81. The van der Waals surface area contributed by atoms with E-state index in [0.717, 1.165) is 10.9 Å². The highest BCUT2D eigenvalue weighted by Crippen LogP contribution is 2.20. The van der Waals surface area contributed by atoms with Crippen molar-refractivity contribution in [3.05, 3.63) is 30.0 Å². The number of nitrogens with one attached hydrogen (secondary N) is 2. The highest BCUT2D eigenvalue weighted by atomic mass is 16.5. The van der Waals surface area contributed by atoms with Crippen LogP contribution in [0.4, 0.5) is 5.69 Å². The number of fused-ring (bicyclic) bond motifs is 1. The van der Waals surface area contributed by atoms with Crippen LogP contribution in [0.5, 0.6) is 0 Å². The third kappa shape index (κ3) is 3.27. The lowest BCUT2D eigenvalue weighted by Crippen LogP contribution is -2.29. The zero-order valence-corrected chi connectivity index (χ0v) is 10.8. The largest absolute Gasteiger partial charge is 0.397 e. The molecule has 0 aliphatic carbocycles. The molecule has 0 bridgehead atoms. The van der Waals surface area contributed by atoms with Crippen molar-refractivity contribution in [3.8, 4) is 0 Å². The highest BCUT2D eigenvalue weighted by Gasteiger charge is 2.10. The molecule has 0 fully saturated rings. The maximum absolute atomic E-state index is 11.9. The van der Waals surface area contributed by atoms with Crippen molar-refractivity contribution in [2.24, 2.45) is 5.73 Å². The van der Waals surface area contributed by atoms with Gasteiger partial charge in [-0.1, -0.05) is 12.1 Å². The summed E-state index contributed by atoms with van der Waals surface area (Å²) < 4.78 is 4.94. The molecule has 0 saturated carbocycles. The number of para-hydroxylation sites is 1. The molecule has 2 aromatic rings. The molecule has 1 aromatic carbocycles. The molecule has 2 rings (SSSR count). The van der Waals surface area contributed by atoms with E-state index in [-0.39, 0.29) is 25.7 Å². The van der Waals surface area contributed by atoms with E-state index in [0.29, 0.717) is 11.4 Å². The smallest absolute Gasteiger partial charge is 0.267 e. The van der Waals surface area contributed by atoms with Gasteiger partial charge in [-0.2, -0.15) is 0 Å². The number of carbonyl (C=O) groups excluding carboxylic acids is 2. The second-order valence-electron chi connectivity index (χ2n) is 4.27. The molecule has 20 heavy (non-hydrogen) atoms. The number of H-pyrrole nitrogens is 1. The first-order chi connectivity index (χ1) is 9.58. The molecular formula is C13H16N4O3. The predicted octanol–water partition coefficient (Wildman–Crippen LogP) is -0.0182. The number of hydrogen-bond donors (Lipinski definition) is 4. The van der Waals surface area contributed by atoms with Crippen molar-refractivity contribution in [2.45, 2.75) is 0 Å². The normalized spacial score (nSPS) is 10.6. The number of hydrogen-bond acceptors (Lipinski definition) is 4. The van der Waals surface area contributed by atoms with Gasteiger partial charge in [-0.15, -0.1) is 0 Å². The van der Waals surface area contributed by atoms with Crippen molar-refractivity contribution < 1.29 is 14.3 Å². The van der Waals surface area contributed by atoms with Crippen LogP contribution in [0.25, 0.3) is 10.9 Å². The van der Waals surface area contributed by atoms with Gasteiger partial charge in [0, 0.05) is 11.9 Å². The van der Waals surface area contributed by atoms with Gasteiger partial charge in [-0.25, -0.2) is 0 Å². The Bertz CT molecular complexity index is 636. The summed E-state index contributed by atoms with van der Waals surface area (Å²) in [6.45, 7) is 0.354. The Hall–Kier alpha value is -2.54. The fourth-order valence-corrected chi connectivity index (χ4v) is 1.81. The number of ether oxygens (including phenoxy) is 1. The summed E-state index contributed by atoms with van der Waals surface area (Å²) in [4.78, 5) is 25.3. The van der Waals surface area contributed by atoms with E-state index in [1.807, 2.05) is 12.1 Å². The van der Waals surface area contributed by atoms with Gasteiger partial charge >= 0.3 is 0 Å². The van der Waals surface area contributed by atoms with Gasteiger partial charge in [0.05, 0.1) is 17.8 Å². The van der Waals surface area contributed by atoms with Gasteiger partial charge in [-0.05, 0) is 12.1 Å². The fraction of sp³-hybridized carbons (Fsp3) is 0.231. The second-order valence-corrected chi connectivity index (χ2v) is 4.27. The molecule has 7 nitrogen and oxygen atoms in total. The summed E-state index contributed by atoms with van der Waals surface area (Å²) in [6, 6.07) is 7.18. The zero-order chi connectivity index (χ0) is 14.5. The molecule has 2 amide bonds. The number of nitrogens with two attached hydrogens (primary N) is 2. The van der Waals surface area contributed by atoms with Gasteiger partial charge in [0.25, 0.3) is 5.91 Å². The molecule has 6 N–H and O–H groups in total. The van der Waals surface area contributed by atoms with Crippen LogP contribution < -0.4 is 16.8 Å². The Kier molecular flexibility index (Phi) is 4.21. The maximum atomic E-state index is 11.9. The molecular weight excluding hydrogens is 260 g/mol. The number of amides is 2. The maximum Gasteiger partial charge on any atom is 0.267 e. The molecule has 0 radical (unpaired) electrons. The summed E-state index contributed by atoms with van der Waals surface area (Å²) >= 11 is 0. The molecule has 1 aromatic heterocycles. The van der Waals surface area contributed by atoms with Crippen LogP contribution in [0.3, 0.4) is 0 Å². The number of benzene rings is 1. The van der Waals surface area contributed by atoms with Crippen molar-refractivity contribution in [1.29, 1.82) is 0 Å². The first kappa shape index (κ1) is 13.9. The Morgan fingerprint density at radius 1 is 1.35 bits per heavy atom. The molecule has 0 unspecified atom stereocenters. The predicted molar refractivity (Wildman–Crippen MR) is 75.1 cm³/mol. The molecule has 0 aliphatic rings. The minimum absolute atomic E-state index is 0.154. The Labute approximate surface area is 115 Å². The Morgan fingerprint density at radius 2 is 2.15 bits per heavy atom. The van der Waals surface area contributed by atoms with Crippen LogP contribution in [0.2, 0.25) is 0 Å². The van der Waals surface area contributed by atoms with Crippen molar-refractivity contribution in [1.82, 2.24) is 10.3 Å². The summed E-state index contributed by atoms with van der Waals surface area (Å²) in [6.07, 6.45) is 0. The monoisotopic (exact) mass is 276 g/mol. The number of rotatable bonds is 6. The van der Waals surface area contributed by atoms with E-state index >= 15 is 0 Å². The molecule has 0 saturated heterocycles. The van der Waals surface area contributed by atoms with E-state index in [1.54, 1.807) is 12.1 Å². The SMILES string of the molecule is NC(=O)COCCNC(=O)c1cc2cccc(N)c2[nH]1. The average Bonchev–Trinajstić information content (AvgIpc) is 2.83. The Morgan fingerprint density at radius 3 is 2.85 bits per heavy atom. The minimum atomic E-state index is -0.539. The number of carbonyl (C=O) groups is 2. The summed E-state index contributed by atoms with van der Waals surface area (Å²) in [5.41, 5.74) is 12.5. The highest BCUT2D eigenvalue weighted by molar-refractivity contribution is 6.00. The van der Waals surface area contributed by atoms with E-state index in [4.69, 9.17) is 16.2 Å². The molecule has 0 spiro atoms. The molecule has 0 aliphatic heterocycles. The van der Waals surface area contributed by atoms with Gasteiger partial charge in [0.2, 0.25) is 5.91 Å². The minimum Gasteiger partial charge on any atom is -0.397 e. The number of anilines is 1. The van der Waals surface area contributed by atoms with Crippen LogP contribution in [0, 0.1) is 0 Å². The van der Waals surface area contributed by atoms with Gasteiger partial charge < -0.3 is 26.5 Å². The van der Waals surface area contributed by atoms with Crippen molar-refractivity contribution >= 4 is 28.4 Å². The number of aromatic nitrogens is 1. The van der Waals surface area contributed by atoms with Crippen LogP contribution in [-0.4, -0.2) is 36.6 Å². The van der Waals surface area contributed by atoms with E-state index in [1.165, 1.54) is 0 Å². The average molecular weight is 276 g/mol. The lowest BCUT2D eigenvalue weighted by Gasteiger charge is -2.03. The van der Waals surface area contributed by atoms with Crippen LogP contribution in [-0.2, 0) is 9.53 Å². The van der Waals surface area contributed by atoms with E-state index in [2.05, 4.69) is 10.3 Å². The van der Waals surface area contributed by atoms with E-state index in [9.17, 15) is 9.59 Å². The number of primary amides is 1. The van der Waals surface area contributed by atoms with Gasteiger partial charge in [0.1, 0.15) is 12.3 Å². The quantitative estimate of drug-likeness (QED) is 0.437. The van der Waals surface area contributed by atoms with Gasteiger partial charge in [0.15, 0.2) is 0 Å². The summed E-state index contributed by atoms with van der Waals surface area (Å²) in [5.74, 6) is -0.800. The summed E-state index contributed by atoms with van der Waals surface area (Å²) in [5, 5.41) is 3.54. The summed E-state index contributed by atoms with van der Waals surface area (Å²) in [7, 11) is 0. The zero-order valence-electron chi connectivity index (χ0n) is 10.8.